The van der Waals surface area contributed by atoms with Crippen LogP contribution in [-0.2, 0) is 16.0 Å². The lowest BCUT2D eigenvalue weighted by Gasteiger charge is -2.39. The van der Waals surface area contributed by atoms with Gasteiger partial charge in [0.05, 0.1) is 0 Å². The van der Waals surface area contributed by atoms with E-state index in [-0.39, 0.29) is 6.42 Å². The first-order chi connectivity index (χ1) is 15.0. The molecule has 152 valence electrons. The molecule has 0 aromatic heterocycles. The largest absolute Gasteiger partial charge is 0.480 e. The van der Waals surface area contributed by atoms with E-state index in [2.05, 4.69) is 48.6 Å². The number of hydrogen-bond acceptors (Lipinski definition) is 2. The van der Waals surface area contributed by atoms with Crippen molar-refractivity contribution in [3.63, 3.8) is 0 Å². The SMILES string of the molecule is C1=Cc2cccc3cccc(c23)C1.NC(=O)C1(C(=O)O)CC=CC2=C1c1ccccc12. The van der Waals surface area contributed by atoms with E-state index in [4.69, 9.17) is 5.73 Å². The van der Waals surface area contributed by atoms with E-state index in [9.17, 15) is 14.7 Å². The van der Waals surface area contributed by atoms with Gasteiger partial charge in [-0.05, 0) is 57.0 Å². The van der Waals surface area contributed by atoms with Gasteiger partial charge in [-0.3, -0.25) is 9.59 Å². The van der Waals surface area contributed by atoms with Crippen LogP contribution in [0.2, 0.25) is 0 Å². The summed E-state index contributed by atoms with van der Waals surface area (Å²) in [4.78, 5) is 23.2. The van der Waals surface area contributed by atoms with Crippen molar-refractivity contribution in [3.05, 3.63) is 101 Å². The second-order valence-corrected chi connectivity index (χ2v) is 7.98. The van der Waals surface area contributed by atoms with Crippen molar-refractivity contribution in [3.8, 4) is 0 Å². The number of rotatable bonds is 2. The molecule has 1 atom stereocenters. The van der Waals surface area contributed by atoms with Crippen molar-refractivity contribution >= 4 is 39.9 Å². The maximum atomic E-state index is 11.7. The Labute approximate surface area is 180 Å². The summed E-state index contributed by atoms with van der Waals surface area (Å²) < 4.78 is 0. The number of carbonyl (C=O) groups is 2. The van der Waals surface area contributed by atoms with Gasteiger partial charge in [-0.25, -0.2) is 0 Å². The standard InChI is InChI=1S/C14H11NO3.C13H10/c15-12(16)14(13(17)18)7-3-6-10-8-4-1-2-5-9(8)11(10)14;1-4-10-6-2-8-12-9-3-7-11(5-1)13(10)12/h1-6H,7H2,(H2,15,16)(H,17,18);1-8H,9H2. The Bertz CT molecular complexity index is 1320. The molecule has 0 heterocycles. The van der Waals surface area contributed by atoms with E-state index in [1.165, 1.54) is 21.9 Å². The number of hydrogen-bond donors (Lipinski definition) is 2. The molecule has 3 aromatic carbocycles. The molecule has 1 unspecified atom stereocenters. The minimum absolute atomic E-state index is 0.116. The summed E-state index contributed by atoms with van der Waals surface area (Å²) >= 11 is 0. The quantitative estimate of drug-likeness (QED) is 0.597. The molecule has 4 heteroatoms. The predicted molar refractivity (Wildman–Crippen MR) is 123 cm³/mol. The number of carboxylic acid groups (broad SMARTS) is 1. The van der Waals surface area contributed by atoms with Crippen LogP contribution in [-0.4, -0.2) is 17.0 Å². The topological polar surface area (TPSA) is 80.4 Å². The molecule has 3 N–H and O–H groups in total. The molecule has 0 radical (unpaired) electrons. The summed E-state index contributed by atoms with van der Waals surface area (Å²) in [6.07, 6.45) is 9.21. The number of amides is 1. The van der Waals surface area contributed by atoms with Crippen LogP contribution >= 0.6 is 0 Å². The first-order valence-corrected chi connectivity index (χ1v) is 10.3. The number of primary amides is 1. The molecular weight excluding hydrogens is 386 g/mol. The Morgan fingerprint density at radius 3 is 2.35 bits per heavy atom. The fraction of sp³-hybridized carbons (Fsp3) is 0.111. The van der Waals surface area contributed by atoms with E-state index in [1.807, 2.05) is 30.3 Å². The van der Waals surface area contributed by atoms with Crippen molar-refractivity contribution in [2.75, 3.05) is 0 Å². The van der Waals surface area contributed by atoms with Gasteiger partial charge in [0.15, 0.2) is 5.41 Å². The highest BCUT2D eigenvalue weighted by molar-refractivity contribution is 6.24. The van der Waals surface area contributed by atoms with E-state index >= 15 is 0 Å². The Hall–Kier alpha value is -3.92. The summed E-state index contributed by atoms with van der Waals surface area (Å²) in [7, 11) is 0. The second-order valence-electron chi connectivity index (χ2n) is 7.98. The van der Waals surface area contributed by atoms with Gasteiger partial charge in [0.1, 0.15) is 0 Å². The van der Waals surface area contributed by atoms with Gasteiger partial charge in [-0.15, -0.1) is 0 Å². The molecule has 31 heavy (non-hydrogen) atoms. The smallest absolute Gasteiger partial charge is 0.324 e. The highest BCUT2D eigenvalue weighted by Crippen LogP contribution is 2.54. The fourth-order valence-corrected chi connectivity index (χ4v) is 4.84. The lowest BCUT2D eigenvalue weighted by Crippen LogP contribution is -2.47. The maximum Gasteiger partial charge on any atom is 0.324 e. The van der Waals surface area contributed by atoms with Gasteiger partial charge in [0, 0.05) is 0 Å². The number of benzene rings is 3. The summed E-state index contributed by atoms with van der Waals surface area (Å²) in [5.41, 5.74) is 9.73. The molecule has 0 bridgehead atoms. The van der Waals surface area contributed by atoms with Gasteiger partial charge >= 0.3 is 5.97 Å². The first-order valence-electron chi connectivity index (χ1n) is 10.3. The first kappa shape index (κ1) is 19.1. The van der Waals surface area contributed by atoms with Crippen molar-refractivity contribution in [1.82, 2.24) is 0 Å². The minimum atomic E-state index is -1.61. The zero-order valence-electron chi connectivity index (χ0n) is 16.8. The van der Waals surface area contributed by atoms with Gasteiger partial charge in [0.25, 0.3) is 0 Å². The van der Waals surface area contributed by atoms with E-state index in [0.29, 0.717) is 5.57 Å². The number of allylic oxidation sites excluding steroid dienone is 4. The summed E-state index contributed by atoms with van der Waals surface area (Å²) in [5, 5.41) is 12.2. The van der Waals surface area contributed by atoms with Crippen LogP contribution in [0.25, 0.3) is 28.0 Å². The van der Waals surface area contributed by atoms with E-state index in [0.717, 1.165) is 23.1 Å². The van der Waals surface area contributed by atoms with Crippen LogP contribution in [0.5, 0.6) is 0 Å². The number of carbonyl (C=O) groups excluding carboxylic acids is 1. The monoisotopic (exact) mass is 407 g/mol. The molecule has 6 rings (SSSR count). The Kier molecular flexibility index (Phi) is 4.36. The van der Waals surface area contributed by atoms with Crippen LogP contribution < -0.4 is 5.73 Å². The summed E-state index contributed by atoms with van der Waals surface area (Å²) in [5.74, 6) is -1.98. The molecule has 0 aliphatic heterocycles. The third kappa shape index (κ3) is 2.76. The van der Waals surface area contributed by atoms with Crippen molar-refractivity contribution in [2.24, 2.45) is 11.1 Å². The van der Waals surface area contributed by atoms with Gasteiger partial charge in [0.2, 0.25) is 5.91 Å². The number of fused-ring (bicyclic) bond motifs is 3. The third-order valence-electron chi connectivity index (χ3n) is 6.34. The van der Waals surface area contributed by atoms with Crippen LogP contribution in [0.15, 0.2) is 78.9 Å². The molecule has 3 aliphatic rings. The second kappa shape index (κ2) is 7.10. The minimum Gasteiger partial charge on any atom is -0.480 e. The van der Waals surface area contributed by atoms with Crippen LogP contribution in [0.1, 0.15) is 28.7 Å². The predicted octanol–water partition coefficient (Wildman–Crippen LogP) is 4.84. The number of carboxylic acids is 1. The molecular formula is C27H21NO3. The highest BCUT2D eigenvalue weighted by Gasteiger charge is 2.53. The lowest BCUT2D eigenvalue weighted by molar-refractivity contribution is -0.150. The Morgan fingerprint density at radius 1 is 0.871 bits per heavy atom. The van der Waals surface area contributed by atoms with Crippen LogP contribution in [0.4, 0.5) is 0 Å². The van der Waals surface area contributed by atoms with Crippen molar-refractivity contribution in [1.29, 1.82) is 0 Å². The maximum absolute atomic E-state index is 11.7. The average molecular weight is 407 g/mol. The van der Waals surface area contributed by atoms with Gasteiger partial charge in [-0.1, -0.05) is 85.0 Å². The summed E-state index contributed by atoms with van der Waals surface area (Å²) in [6.45, 7) is 0. The molecule has 3 aliphatic carbocycles. The van der Waals surface area contributed by atoms with E-state index < -0.39 is 17.3 Å². The van der Waals surface area contributed by atoms with E-state index in [1.54, 1.807) is 6.08 Å². The van der Waals surface area contributed by atoms with Crippen molar-refractivity contribution < 1.29 is 14.7 Å². The third-order valence-corrected chi connectivity index (χ3v) is 6.34. The molecule has 0 saturated carbocycles. The molecule has 0 spiro atoms. The zero-order chi connectivity index (χ0) is 21.6. The van der Waals surface area contributed by atoms with Crippen LogP contribution in [0, 0.1) is 5.41 Å². The van der Waals surface area contributed by atoms with Gasteiger partial charge in [-0.2, -0.15) is 0 Å². The lowest BCUT2D eigenvalue weighted by atomic mass is 9.62. The Morgan fingerprint density at radius 2 is 1.61 bits per heavy atom. The fourth-order valence-electron chi connectivity index (χ4n) is 4.84. The highest BCUT2D eigenvalue weighted by atomic mass is 16.4. The molecule has 0 fully saturated rings. The summed E-state index contributed by atoms with van der Waals surface area (Å²) in [6, 6.07) is 20.5. The molecule has 0 saturated heterocycles. The van der Waals surface area contributed by atoms with Crippen LogP contribution in [0.3, 0.4) is 0 Å². The molecule has 3 aromatic rings. The van der Waals surface area contributed by atoms with Gasteiger partial charge < -0.3 is 10.8 Å². The normalized spacial score (nSPS) is 19.6. The molecule has 4 nitrogen and oxygen atoms in total. The zero-order valence-corrected chi connectivity index (χ0v) is 16.8. The van der Waals surface area contributed by atoms with Crippen molar-refractivity contribution in [2.45, 2.75) is 12.8 Å². The number of nitrogens with two attached hydrogens (primary N) is 1. The number of aliphatic carboxylic acids is 1. The average Bonchev–Trinajstić information content (AvgIpc) is 2.78. The Balaban J connectivity index is 0.000000138. The molecule has 1 amide bonds.